The van der Waals surface area contributed by atoms with Gasteiger partial charge in [0.15, 0.2) is 0 Å². The van der Waals surface area contributed by atoms with Crippen LogP contribution in [0, 0.1) is 11.3 Å². The third-order valence-corrected chi connectivity index (χ3v) is 3.85. The summed E-state index contributed by atoms with van der Waals surface area (Å²) < 4.78 is 5.15. The van der Waals surface area contributed by atoms with Gasteiger partial charge in [0, 0.05) is 26.3 Å². The minimum Gasteiger partial charge on any atom is -0.385 e. The normalized spacial score (nSPS) is 15.1. The molecule has 0 aliphatic carbocycles. The van der Waals surface area contributed by atoms with Crippen molar-refractivity contribution in [2.45, 2.75) is 33.2 Å². The number of benzene rings is 1. The topological polar surface area (TPSA) is 47.3 Å². The van der Waals surface area contributed by atoms with Crippen LogP contribution in [-0.4, -0.2) is 26.8 Å². The maximum absolute atomic E-state index is 6.31. The molecule has 1 aromatic rings. The Balaban J connectivity index is 2.34. The Labute approximate surface area is 123 Å². The molecule has 3 heteroatoms. The predicted octanol–water partition coefficient (Wildman–Crippen LogP) is 2.97. The lowest BCUT2D eigenvalue weighted by Gasteiger charge is -2.27. The Morgan fingerprint density at radius 3 is 2.50 bits per heavy atom. The van der Waals surface area contributed by atoms with Crippen LogP contribution < -0.4 is 11.1 Å². The SMILES string of the molecule is COCCC(C)(C)CNCC(C)C(N)c1ccccc1. The second-order valence-corrected chi connectivity index (χ2v) is 6.45. The number of methoxy groups -OCH3 is 1. The Morgan fingerprint density at radius 1 is 1.25 bits per heavy atom. The number of rotatable bonds is 9. The second kappa shape index (κ2) is 8.40. The molecule has 0 fully saturated rings. The number of hydrogen-bond acceptors (Lipinski definition) is 3. The third-order valence-electron chi connectivity index (χ3n) is 3.85. The van der Waals surface area contributed by atoms with Gasteiger partial charge in [-0.3, -0.25) is 0 Å². The van der Waals surface area contributed by atoms with Crippen molar-refractivity contribution >= 4 is 0 Å². The summed E-state index contributed by atoms with van der Waals surface area (Å²) in [7, 11) is 1.75. The first-order valence-corrected chi connectivity index (χ1v) is 7.46. The molecular weight excluding hydrogens is 248 g/mol. The van der Waals surface area contributed by atoms with E-state index >= 15 is 0 Å². The van der Waals surface area contributed by atoms with E-state index in [1.165, 1.54) is 5.56 Å². The van der Waals surface area contributed by atoms with E-state index in [4.69, 9.17) is 10.5 Å². The van der Waals surface area contributed by atoms with Crippen molar-refractivity contribution in [2.75, 3.05) is 26.8 Å². The van der Waals surface area contributed by atoms with Crippen molar-refractivity contribution in [3.8, 4) is 0 Å². The van der Waals surface area contributed by atoms with Crippen molar-refractivity contribution in [1.82, 2.24) is 5.32 Å². The van der Waals surface area contributed by atoms with E-state index in [-0.39, 0.29) is 11.5 Å². The molecular formula is C17H30N2O. The summed E-state index contributed by atoms with van der Waals surface area (Å²) in [6.07, 6.45) is 1.07. The minimum absolute atomic E-state index is 0.0887. The molecule has 0 saturated heterocycles. The van der Waals surface area contributed by atoms with Crippen molar-refractivity contribution in [3.05, 3.63) is 35.9 Å². The molecule has 0 aliphatic rings. The monoisotopic (exact) mass is 278 g/mol. The van der Waals surface area contributed by atoms with Crippen LogP contribution in [0.3, 0.4) is 0 Å². The fourth-order valence-electron chi connectivity index (χ4n) is 2.24. The molecule has 2 atom stereocenters. The first-order chi connectivity index (χ1) is 9.46. The van der Waals surface area contributed by atoms with Gasteiger partial charge in [0.25, 0.3) is 0 Å². The predicted molar refractivity (Wildman–Crippen MR) is 85.7 cm³/mol. The quantitative estimate of drug-likeness (QED) is 0.730. The zero-order valence-electron chi connectivity index (χ0n) is 13.4. The fourth-order valence-corrected chi connectivity index (χ4v) is 2.24. The molecule has 20 heavy (non-hydrogen) atoms. The summed E-state index contributed by atoms with van der Waals surface area (Å²) in [6.45, 7) is 9.47. The van der Waals surface area contributed by atoms with E-state index in [9.17, 15) is 0 Å². The van der Waals surface area contributed by atoms with Gasteiger partial charge in [0.05, 0.1) is 0 Å². The maximum atomic E-state index is 6.31. The van der Waals surface area contributed by atoms with Gasteiger partial charge in [-0.2, -0.15) is 0 Å². The highest BCUT2D eigenvalue weighted by Gasteiger charge is 2.19. The van der Waals surface area contributed by atoms with E-state index in [1.54, 1.807) is 7.11 Å². The summed E-state index contributed by atoms with van der Waals surface area (Å²) >= 11 is 0. The van der Waals surface area contributed by atoms with Gasteiger partial charge in [0.2, 0.25) is 0 Å². The molecule has 2 unspecified atom stereocenters. The molecule has 3 nitrogen and oxygen atoms in total. The zero-order chi connectivity index (χ0) is 15.0. The number of ether oxygens (including phenoxy) is 1. The van der Waals surface area contributed by atoms with E-state index in [2.05, 4.69) is 38.2 Å². The molecule has 1 aromatic carbocycles. The Bertz CT molecular complexity index is 365. The Kier molecular flexibility index (Phi) is 7.20. The van der Waals surface area contributed by atoms with Crippen LogP contribution in [0.15, 0.2) is 30.3 Å². The lowest BCUT2D eigenvalue weighted by Crippen LogP contribution is -2.35. The van der Waals surface area contributed by atoms with Crippen molar-refractivity contribution in [3.63, 3.8) is 0 Å². The van der Waals surface area contributed by atoms with Crippen molar-refractivity contribution in [2.24, 2.45) is 17.1 Å². The summed E-state index contributed by atoms with van der Waals surface area (Å²) in [5.41, 5.74) is 7.77. The molecule has 0 saturated carbocycles. The summed E-state index contributed by atoms with van der Waals surface area (Å²) in [6, 6.07) is 10.4. The van der Waals surface area contributed by atoms with Crippen molar-refractivity contribution in [1.29, 1.82) is 0 Å². The van der Waals surface area contributed by atoms with Gasteiger partial charge in [-0.1, -0.05) is 51.1 Å². The first-order valence-electron chi connectivity index (χ1n) is 7.46. The summed E-state index contributed by atoms with van der Waals surface area (Å²) in [5, 5.41) is 3.55. The van der Waals surface area contributed by atoms with Gasteiger partial charge in [-0.05, 0) is 29.9 Å². The fraction of sp³-hybridized carbons (Fsp3) is 0.647. The highest BCUT2D eigenvalue weighted by atomic mass is 16.5. The first kappa shape index (κ1) is 17.2. The maximum Gasteiger partial charge on any atom is 0.0467 e. The smallest absolute Gasteiger partial charge is 0.0467 e. The lowest BCUT2D eigenvalue weighted by atomic mass is 9.89. The Morgan fingerprint density at radius 2 is 1.90 bits per heavy atom. The van der Waals surface area contributed by atoms with Gasteiger partial charge in [-0.25, -0.2) is 0 Å². The molecule has 0 heterocycles. The van der Waals surface area contributed by atoms with Crippen molar-refractivity contribution < 1.29 is 4.74 Å². The van der Waals surface area contributed by atoms with E-state index in [0.29, 0.717) is 5.92 Å². The van der Waals surface area contributed by atoms with Gasteiger partial charge in [-0.15, -0.1) is 0 Å². The molecule has 0 spiro atoms. The molecule has 0 aliphatic heterocycles. The summed E-state index contributed by atoms with van der Waals surface area (Å²) in [5.74, 6) is 0.413. The summed E-state index contributed by atoms with van der Waals surface area (Å²) in [4.78, 5) is 0. The molecule has 3 N–H and O–H groups in total. The molecule has 0 bridgehead atoms. The minimum atomic E-state index is 0.0887. The van der Waals surface area contributed by atoms with E-state index in [1.807, 2.05) is 18.2 Å². The largest absolute Gasteiger partial charge is 0.385 e. The van der Waals surface area contributed by atoms with Gasteiger partial charge >= 0.3 is 0 Å². The molecule has 0 aromatic heterocycles. The van der Waals surface area contributed by atoms with E-state index in [0.717, 1.165) is 26.1 Å². The van der Waals surface area contributed by atoms with Crippen LogP contribution in [0.25, 0.3) is 0 Å². The van der Waals surface area contributed by atoms with Crippen LogP contribution in [0.4, 0.5) is 0 Å². The Hall–Kier alpha value is -0.900. The lowest BCUT2D eigenvalue weighted by molar-refractivity contribution is 0.150. The van der Waals surface area contributed by atoms with Gasteiger partial charge in [0.1, 0.15) is 0 Å². The molecule has 0 radical (unpaired) electrons. The number of hydrogen-bond donors (Lipinski definition) is 2. The van der Waals surface area contributed by atoms with Crippen LogP contribution in [0.1, 0.15) is 38.8 Å². The van der Waals surface area contributed by atoms with Crippen LogP contribution in [0.5, 0.6) is 0 Å². The second-order valence-electron chi connectivity index (χ2n) is 6.45. The van der Waals surface area contributed by atoms with Crippen LogP contribution >= 0.6 is 0 Å². The molecule has 0 amide bonds. The average molecular weight is 278 g/mol. The molecule has 114 valence electrons. The zero-order valence-corrected chi connectivity index (χ0v) is 13.4. The highest BCUT2D eigenvalue weighted by molar-refractivity contribution is 5.19. The van der Waals surface area contributed by atoms with Crippen LogP contribution in [0.2, 0.25) is 0 Å². The third kappa shape index (κ3) is 6.04. The average Bonchev–Trinajstić information content (AvgIpc) is 2.45. The number of nitrogens with two attached hydrogens (primary N) is 1. The van der Waals surface area contributed by atoms with Gasteiger partial charge < -0.3 is 15.8 Å². The van der Waals surface area contributed by atoms with E-state index < -0.39 is 0 Å². The standard InChI is InChI=1S/C17H30N2O/c1-14(16(18)15-8-6-5-7-9-15)12-19-13-17(2,3)10-11-20-4/h5-9,14,16,19H,10-13,18H2,1-4H3. The number of nitrogens with one attached hydrogen (secondary N) is 1. The molecule has 1 rings (SSSR count). The highest BCUT2D eigenvalue weighted by Crippen LogP contribution is 2.21. The van der Waals surface area contributed by atoms with Crippen LogP contribution in [-0.2, 0) is 4.74 Å².